The number of benzene rings is 1. The zero-order valence-corrected chi connectivity index (χ0v) is 10.6. The molecule has 56 valence electrons. The molecular weight excluding hydrogens is 385 g/mol. The molecule has 0 bridgehead atoms. The van der Waals surface area contributed by atoms with E-state index in [1.54, 1.807) is 12.1 Å². The first-order valence-corrected chi connectivity index (χ1v) is 5.36. The fourth-order valence-corrected chi connectivity index (χ4v) is 2.12. The van der Waals surface area contributed by atoms with E-state index < -0.39 is 0 Å². The Labute approximate surface area is 95.2 Å². The average Bonchev–Trinajstić information content (AvgIpc) is 1.99. The van der Waals surface area contributed by atoms with E-state index in [-0.39, 0.29) is 0 Å². The fraction of sp³-hybridized carbons (Fsp3) is 0. The second kappa shape index (κ2) is 3.87. The van der Waals surface area contributed by atoms with Gasteiger partial charge in [0.25, 0.3) is 0 Å². The Morgan fingerprint density at radius 2 is 1.73 bits per heavy atom. The van der Waals surface area contributed by atoms with Gasteiger partial charge in [0.1, 0.15) is 0 Å². The summed E-state index contributed by atoms with van der Waals surface area (Å²) < 4.78 is 2.98. The highest BCUT2D eigenvalue weighted by Gasteiger charge is 2.03. The first-order valence-electron chi connectivity index (χ1n) is 2.70. The average molecular weight is 387 g/mol. The SMILES string of the molecule is N#Cc1cc(Br)c(I)c(Br)c1. The standard InChI is InChI=1S/C7H2Br2IN/c8-5-1-4(3-11)2-6(9)7(5)10/h1-2H. The largest absolute Gasteiger partial charge is 0.192 e. The smallest absolute Gasteiger partial charge is 0.0992 e. The van der Waals surface area contributed by atoms with Gasteiger partial charge in [-0.25, -0.2) is 0 Å². The number of halogens is 3. The Morgan fingerprint density at radius 1 is 1.27 bits per heavy atom. The van der Waals surface area contributed by atoms with Crippen LogP contribution in [-0.4, -0.2) is 0 Å². The minimum atomic E-state index is 0.657. The topological polar surface area (TPSA) is 23.8 Å². The van der Waals surface area contributed by atoms with Crippen LogP contribution >= 0.6 is 54.5 Å². The zero-order chi connectivity index (χ0) is 8.43. The van der Waals surface area contributed by atoms with Crippen molar-refractivity contribution in [3.63, 3.8) is 0 Å². The maximum absolute atomic E-state index is 8.58. The van der Waals surface area contributed by atoms with Crippen LogP contribution in [0.25, 0.3) is 0 Å². The number of rotatable bonds is 0. The van der Waals surface area contributed by atoms with E-state index >= 15 is 0 Å². The molecule has 0 aliphatic rings. The molecule has 0 aliphatic heterocycles. The molecule has 0 N–H and O–H groups in total. The maximum Gasteiger partial charge on any atom is 0.0992 e. The predicted molar refractivity (Wildman–Crippen MR) is 59.3 cm³/mol. The molecule has 1 rings (SSSR count). The molecule has 11 heavy (non-hydrogen) atoms. The van der Waals surface area contributed by atoms with E-state index in [0.717, 1.165) is 12.5 Å². The second-order valence-corrected chi connectivity index (χ2v) is 4.65. The van der Waals surface area contributed by atoms with Gasteiger partial charge in [0.2, 0.25) is 0 Å². The summed E-state index contributed by atoms with van der Waals surface area (Å²) in [4.78, 5) is 0. The van der Waals surface area contributed by atoms with E-state index in [4.69, 9.17) is 5.26 Å². The first-order chi connectivity index (χ1) is 5.15. The van der Waals surface area contributed by atoms with Crippen LogP contribution in [0.3, 0.4) is 0 Å². The summed E-state index contributed by atoms with van der Waals surface area (Å²) in [6.45, 7) is 0. The molecule has 1 aromatic rings. The Kier molecular flexibility index (Phi) is 3.34. The van der Waals surface area contributed by atoms with Gasteiger partial charge in [-0.15, -0.1) is 0 Å². The van der Waals surface area contributed by atoms with Crippen molar-refractivity contribution in [1.29, 1.82) is 5.26 Å². The molecule has 0 saturated heterocycles. The summed E-state index contributed by atoms with van der Waals surface area (Å²) in [6.07, 6.45) is 0. The third-order valence-corrected chi connectivity index (χ3v) is 5.01. The lowest BCUT2D eigenvalue weighted by atomic mass is 10.2. The molecule has 0 saturated carbocycles. The van der Waals surface area contributed by atoms with Crippen LogP contribution in [0, 0.1) is 14.9 Å². The van der Waals surface area contributed by atoms with Crippen molar-refractivity contribution in [2.75, 3.05) is 0 Å². The van der Waals surface area contributed by atoms with E-state index in [1.807, 2.05) is 0 Å². The van der Waals surface area contributed by atoms with Crippen LogP contribution in [0.15, 0.2) is 21.1 Å². The maximum atomic E-state index is 8.58. The molecular formula is C7H2Br2IN. The molecule has 0 aromatic heterocycles. The summed E-state index contributed by atoms with van der Waals surface area (Å²) >= 11 is 8.90. The minimum Gasteiger partial charge on any atom is -0.192 e. The number of nitrogens with zero attached hydrogens (tertiary/aromatic N) is 1. The van der Waals surface area contributed by atoms with E-state index in [0.29, 0.717) is 5.56 Å². The van der Waals surface area contributed by atoms with Crippen LogP contribution in [0.4, 0.5) is 0 Å². The molecule has 1 aromatic carbocycles. The first kappa shape index (κ1) is 9.49. The quantitative estimate of drug-likeness (QED) is 0.493. The van der Waals surface area contributed by atoms with Crippen LogP contribution in [0.2, 0.25) is 0 Å². The molecule has 0 spiro atoms. The Balaban J connectivity index is 3.35. The van der Waals surface area contributed by atoms with Crippen molar-refractivity contribution in [2.45, 2.75) is 0 Å². The number of hydrogen-bond donors (Lipinski definition) is 0. The second-order valence-electron chi connectivity index (χ2n) is 1.87. The molecule has 0 aliphatic carbocycles. The Morgan fingerprint density at radius 3 is 2.09 bits per heavy atom. The molecule has 0 radical (unpaired) electrons. The number of nitriles is 1. The summed E-state index contributed by atoms with van der Waals surface area (Å²) in [6, 6.07) is 5.67. The predicted octanol–water partition coefficient (Wildman–Crippen LogP) is 3.69. The van der Waals surface area contributed by atoms with Crippen molar-refractivity contribution in [2.24, 2.45) is 0 Å². The van der Waals surface area contributed by atoms with Gasteiger partial charge >= 0.3 is 0 Å². The molecule has 1 nitrogen and oxygen atoms in total. The van der Waals surface area contributed by atoms with Crippen LogP contribution in [0.5, 0.6) is 0 Å². The summed E-state index contributed by atoms with van der Waals surface area (Å²) in [5, 5.41) is 8.58. The van der Waals surface area contributed by atoms with E-state index in [1.165, 1.54) is 0 Å². The van der Waals surface area contributed by atoms with E-state index in [9.17, 15) is 0 Å². The van der Waals surface area contributed by atoms with Crippen LogP contribution in [-0.2, 0) is 0 Å². The molecule has 0 amide bonds. The summed E-state index contributed by atoms with van der Waals surface area (Å²) in [5.41, 5.74) is 0.657. The van der Waals surface area contributed by atoms with Gasteiger partial charge in [0.05, 0.1) is 11.6 Å². The van der Waals surface area contributed by atoms with Crippen molar-refractivity contribution in [1.82, 2.24) is 0 Å². The Bertz CT molecular complexity index is 307. The van der Waals surface area contributed by atoms with Gasteiger partial charge in [0.15, 0.2) is 0 Å². The van der Waals surface area contributed by atoms with Crippen molar-refractivity contribution in [3.05, 3.63) is 30.2 Å². The molecule has 0 unspecified atom stereocenters. The Hall–Kier alpha value is 0.400. The van der Waals surface area contributed by atoms with Gasteiger partial charge in [-0.1, -0.05) is 0 Å². The highest BCUT2D eigenvalue weighted by atomic mass is 127. The van der Waals surface area contributed by atoms with Gasteiger partial charge in [0, 0.05) is 12.5 Å². The van der Waals surface area contributed by atoms with Crippen molar-refractivity contribution < 1.29 is 0 Å². The van der Waals surface area contributed by atoms with Crippen molar-refractivity contribution >= 4 is 54.5 Å². The molecule has 0 heterocycles. The monoisotopic (exact) mass is 385 g/mol. The van der Waals surface area contributed by atoms with Crippen LogP contribution < -0.4 is 0 Å². The van der Waals surface area contributed by atoms with Gasteiger partial charge in [-0.05, 0) is 66.6 Å². The summed E-state index contributed by atoms with van der Waals surface area (Å²) in [7, 11) is 0. The molecule has 0 atom stereocenters. The van der Waals surface area contributed by atoms with Gasteiger partial charge in [-0.3, -0.25) is 0 Å². The lowest BCUT2D eigenvalue weighted by Gasteiger charge is -1.98. The third kappa shape index (κ3) is 2.17. The minimum absolute atomic E-state index is 0.657. The molecule has 0 fully saturated rings. The lowest BCUT2D eigenvalue weighted by molar-refractivity contribution is 1.44. The fourth-order valence-electron chi connectivity index (χ4n) is 0.620. The van der Waals surface area contributed by atoms with Crippen molar-refractivity contribution in [3.8, 4) is 6.07 Å². The highest BCUT2D eigenvalue weighted by Crippen LogP contribution is 2.28. The normalized spacial score (nSPS) is 9.27. The van der Waals surface area contributed by atoms with E-state index in [2.05, 4.69) is 60.5 Å². The number of hydrogen-bond acceptors (Lipinski definition) is 1. The lowest BCUT2D eigenvalue weighted by Crippen LogP contribution is -1.80. The molecule has 4 heteroatoms. The van der Waals surface area contributed by atoms with Gasteiger partial charge < -0.3 is 0 Å². The van der Waals surface area contributed by atoms with Crippen LogP contribution in [0.1, 0.15) is 5.56 Å². The zero-order valence-electron chi connectivity index (χ0n) is 5.24. The highest BCUT2D eigenvalue weighted by molar-refractivity contribution is 14.1. The van der Waals surface area contributed by atoms with Gasteiger partial charge in [-0.2, -0.15) is 5.26 Å². The third-order valence-electron chi connectivity index (χ3n) is 1.11. The summed E-state index contributed by atoms with van der Waals surface area (Å²) in [5.74, 6) is 0.